The van der Waals surface area contributed by atoms with Gasteiger partial charge in [0, 0.05) is 17.6 Å². The van der Waals surface area contributed by atoms with Gasteiger partial charge in [-0.2, -0.15) is 13.2 Å². The summed E-state index contributed by atoms with van der Waals surface area (Å²) in [5.41, 5.74) is 0.0557. The van der Waals surface area contributed by atoms with Gasteiger partial charge in [-0.15, -0.1) is 0 Å². The minimum Gasteiger partial charge on any atom is -0.370 e. The zero-order valence-corrected chi connectivity index (χ0v) is 11.0. The second-order valence-corrected chi connectivity index (χ2v) is 5.20. The number of halogens is 4. The Balaban J connectivity index is 2.22. The summed E-state index contributed by atoms with van der Waals surface area (Å²) in [6.07, 6.45) is -3.20. The van der Waals surface area contributed by atoms with Gasteiger partial charge in [0.25, 0.3) is 0 Å². The van der Waals surface area contributed by atoms with Crippen molar-refractivity contribution in [2.24, 2.45) is 5.92 Å². The van der Waals surface area contributed by atoms with Crippen LogP contribution in [0.4, 0.5) is 18.9 Å². The maximum Gasteiger partial charge on any atom is 0.416 e. The average Bonchev–Trinajstić information content (AvgIpc) is 2.17. The van der Waals surface area contributed by atoms with Gasteiger partial charge in [0.15, 0.2) is 0 Å². The Morgan fingerprint density at radius 3 is 2.53 bits per heavy atom. The largest absolute Gasteiger partial charge is 0.416 e. The van der Waals surface area contributed by atoms with Crippen molar-refractivity contribution in [3.63, 3.8) is 0 Å². The molecule has 17 heavy (non-hydrogen) atoms. The second kappa shape index (κ2) is 4.52. The number of hydrogen-bond donors (Lipinski definition) is 0. The van der Waals surface area contributed by atoms with E-state index in [0.717, 1.165) is 30.0 Å². The van der Waals surface area contributed by atoms with E-state index < -0.39 is 11.7 Å². The molecule has 0 saturated carbocycles. The smallest absolute Gasteiger partial charge is 0.370 e. The minimum atomic E-state index is -4.27. The maximum atomic E-state index is 12.6. The van der Waals surface area contributed by atoms with Crippen molar-refractivity contribution in [2.45, 2.75) is 19.5 Å². The van der Waals surface area contributed by atoms with Gasteiger partial charge in [-0.05, 0) is 46.5 Å². The van der Waals surface area contributed by atoms with E-state index in [1.807, 2.05) is 4.90 Å². The normalized spacial score (nSPS) is 17.1. The summed E-state index contributed by atoms with van der Waals surface area (Å²) >= 11 is 3.31. The lowest BCUT2D eigenvalue weighted by atomic mass is 9.96. The molecule has 1 aromatic rings. The molecule has 0 bridgehead atoms. The number of hydrogen-bond acceptors (Lipinski definition) is 1. The Kier molecular flexibility index (Phi) is 3.39. The number of nitrogens with zero attached hydrogens (tertiary/aromatic N) is 1. The van der Waals surface area contributed by atoms with Crippen LogP contribution in [0.1, 0.15) is 18.9 Å². The SMILES string of the molecule is CCC1CN(c2cc(C(F)(F)F)ccc2Br)C1. The van der Waals surface area contributed by atoms with Crippen LogP contribution in [0.2, 0.25) is 0 Å². The van der Waals surface area contributed by atoms with E-state index in [0.29, 0.717) is 11.6 Å². The van der Waals surface area contributed by atoms with Crippen molar-refractivity contribution in [2.75, 3.05) is 18.0 Å². The predicted octanol–water partition coefficient (Wildman–Crippen LogP) is 4.31. The predicted molar refractivity (Wildman–Crippen MR) is 65.1 cm³/mol. The molecular weight excluding hydrogens is 295 g/mol. The molecule has 0 unspecified atom stereocenters. The van der Waals surface area contributed by atoms with Crippen molar-refractivity contribution < 1.29 is 13.2 Å². The molecule has 0 N–H and O–H groups in total. The summed E-state index contributed by atoms with van der Waals surface area (Å²) in [6.45, 7) is 3.79. The summed E-state index contributed by atoms with van der Waals surface area (Å²) in [4.78, 5) is 1.98. The molecule has 5 heteroatoms. The van der Waals surface area contributed by atoms with Crippen LogP contribution in [0.25, 0.3) is 0 Å². The molecular formula is C12H13BrF3N. The third kappa shape index (κ3) is 2.59. The highest BCUT2D eigenvalue weighted by atomic mass is 79.9. The van der Waals surface area contributed by atoms with E-state index in [1.165, 1.54) is 12.1 Å². The Bertz CT molecular complexity index is 411. The van der Waals surface area contributed by atoms with E-state index in [4.69, 9.17) is 0 Å². The lowest BCUT2D eigenvalue weighted by Crippen LogP contribution is -2.46. The molecule has 1 aliphatic rings. The molecule has 0 spiro atoms. The molecule has 2 rings (SSSR count). The molecule has 0 atom stereocenters. The van der Waals surface area contributed by atoms with Crippen molar-refractivity contribution in [3.05, 3.63) is 28.2 Å². The first-order chi connectivity index (χ1) is 7.91. The monoisotopic (exact) mass is 307 g/mol. The van der Waals surface area contributed by atoms with Crippen LogP contribution >= 0.6 is 15.9 Å². The van der Waals surface area contributed by atoms with Crippen LogP contribution < -0.4 is 4.90 Å². The molecule has 1 nitrogen and oxygen atoms in total. The number of anilines is 1. The first-order valence-corrected chi connectivity index (χ1v) is 6.32. The van der Waals surface area contributed by atoms with E-state index in [1.54, 1.807) is 0 Å². The Hall–Kier alpha value is -0.710. The van der Waals surface area contributed by atoms with Crippen LogP contribution in [-0.4, -0.2) is 13.1 Å². The van der Waals surface area contributed by atoms with Crippen molar-refractivity contribution >= 4 is 21.6 Å². The van der Waals surface area contributed by atoms with E-state index >= 15 is 0 Å². The zero-order valence-electron chi connectivity index (χ0n) is 9.39. The average molecular weight is 308 g/mol. The van der Waals surface area contributed by atoms with Gasteiger partial charge < -0.3 is 4.90 Å². The highest BCUT2D eigenvalue weighted by Crippen LogP contribution is 2.38. The van der Waals surface area contributed by atoms with Crippen LogP contribution in [0.15, 0.2) is 22.7 Å². The minimum absolute atomic E-state index is 0.587. The summed E-state index contributed by atoms with van der Waals surface area (Å²) < 4.78 is 38.5. The fourth-order valence-corrected chi connectivity index (χ4v) is 2.45. The van der Waals surface area contributed by atoms with Crippen LogP contribution in [-0.2, 0) is 6.18 Å². The topological polar surface area (TPSA) is 3.24 Å². The highest BCUT2D eigenvalue weighted by Gasteiger charge is 2.33. The highest BCUT2D eigenvalue weighted by molar-refractivity contribution is 9.10. The molecule has 1 saturated heterocycles. The van der Waals surface area contributed by atoms with Crippen molar-refractivity contribution in [1.82, 2.24) is 0 Å². The fraction of sp³-hybridized carbons (Fsp3) is 0.500. The third-order valence-corrected chi connectivity index (χ3v) is 3.82. The first kappa shape index (κ1) is 12.7. The molecule has 0 radical (unpaired) electrons. The summed E-state index contributed by atoms with van der Waals surface area (Å²) in [5, 5.41) is 0. The van der Waals surface area contributed by atoms with Gasteiger partial charge >= 0.3 is 6.18 Å². The Morgan fingerprint density at radius 1 is 1.35 bits per heavy atom. The lowest BCUT2D eigenvalue weighted by Gasteiger charge is -2.41. The Labute approximate surface area is 107 Å². The molecule has 0 aliphatic carbocycles. The summed E-state index contributed by atoms with van der Waals surface area (Å²) in [5.74, 6) is 0.608. The van der Waals surface area contributed by atoms with Gasteiger partial charge in [-0.1, -0.05) is 6.92 Å². The molecule has 0 aromatic heterocycles. The Morgan fingerprint density at radius 2 is 2.00 bits per heavy atom. The van der Waals surface area contributed by atoms with Crippen LogP contribution in [0.5, 0.6) is 0 Å². The third-order valence-electron chi connectivity index (χ3n) is 3.15. The second-order valence-electron chi connectivity index (χ2n) is 4.34. The van der Waals surface area contributed by atoms with Gasteiger partial charge in [-0.25, -0.2) is 0 Å². The van der Waals surface area contributed by atoms with Crippen LogP contribution in [0.3, 0.4) is 0 Å². The molecule has 1 fully saturated rings. The van der Waals surface area contributed by atoms with Crippen molar-refractivity contribution in [3.8, 4) is 0 Å². The molecule has 1 heterocycles. The molecule has 1 aromatic carbocycles. The van der Waals surface area contributed by atoms with E-state index in [2.05, 4.69) is 22.9 Å². The fourth-order valence-electron chi connectivity index (χ4n) is 1.96. The number of benzene rings is 1. The maximum absolute atomic E-state index is 12.6. The van der Waals surface area contributed by atoms with Gasteiger partial charge in [-0.3, -0.25) is 0 Å². The van der Waals surface area contributed by atoms with E-state index in [9.17, 15) is 13.2 Å². The standard InChI is InChI=1S/C12H13BrF3N/c1-2-8-6-17(7-8)11-5-9(12(14,15)16)3-4-10(11)13/h3-5,8H,2,6-7H2,1H3. The number of alkyl halides is 3. The molecule has 1 aliphatic heterocycles. The van der Waals surface area contributed by atoms with Gasteiger partial charge in [0.1, 0.15) is 0 Å². The van der Waals surface area contributed by atoms with E-state index in [-0.39, 0.29) is 0 Å². The lowest BCUT2D eigenvalue weighted by molar-refractivity contribution is -0.137. The summed E-state index contributed by atoms with van der Waals surface area (Å²) in [6, 6.07) is 3.79. The first-order valence-electron chi connectivity index (χ1n) is 5.53. The summed E-state index contributed by atoms with van der Waals surface area (Å²) in [7, 11) is 0. The molecule has 0 amide bonds. The van der Waals surface area contributed by atoms with Crippen LogP contribution in [0, 0.1) is 5.92 Å². The molecule has 94 valence electrons. The zero-order chi connectivity index (χ0) is 12.6. The van der Waals surface area contributed by atoms with Gasteiger partial charge in [0.2, 0.25) is 0 Å². The van der Waals surface area contributed by atoms with Gasteiger partial charge in [0.05, 0.1) is 11.3 Å². The quantitative estimate of drug-likeness (QED) is 0.787. The van der Waals surface area contributed by atoms with Crippen molar-refractivity contribution in [1.29, 1.82) is 0 Å². The number of rotatable bonds is 2.